The van der Waals surface area contributed by atoms with Crippen LogP contribution in [-0.2, 0) is 4.79 Å². The first-order chi connectivity index (χ1) is 12.7. The molecule has 0 saturated carbocycles. The molecular weight excluding hydrogens is 471 g/mol. The number of hydrogen-bond acceptors (Lipinski definition) is 4. The number of nitrogens with one attached hydrogen (secondary N) is 3. The minimum absolute atomic E-state index is 0. The number of benzene rings is 1. The molecule has 158 valence electrons. The quantitative estimate of drug-likeness (QED) is 0.325. The molecule has 0 bridgehead atoms. The van der Waals surface area contributed by atoms with Crippen LogP contribution >= 0.6 is 24.0 Å². The van der Waals surface area contributed by atoms with Gasteiger partial charge < -0.3 is 25.4 Å². The Kier molecular flexibility index (Phi) is 9.84. The molecule has 0 fully saturated rings. The SMILES string of the molecule is CC(C)CNC(=NCC(=O)NC(C)(C)C)Nc1ccc2c(c1)OCCCO2.I. The highest BCUT2D eigenvalue weighted by atomic mass is 127. The van der Waals surface area contributed by atoms with Gasteiger partial charge in [-0.3, -0.25) is 4.79 Å². The maximum Gasteiger partial charge on any atom is 0.242 e. The molecule has 0 aromatic heterocycles. The van der Waals surface area contributed by atoms with Crippen LogP contribution < -0.4 is 25.4 Å². The Labute approximate surface area is 185 Å². The standard InChI is InChI=1S/C20H32N4O3.HI/c1-14(2)12-21-19(22-13-18(25)24-20(3,4)5)23-15-7-8-16-17(11-15)27-10-6-9-26-16;/h7-8,11,14H,6,9-10,12-13H2,1-5H3,(H,24,25)(H2,21,22,23);1H. The Morgan fingerprint density at radius 3 is 2.50 bits per heavy atom. The zero-order valence-corrected chi connectivity index (χ0v) is 19.8. The molecule has 1 aromatic rings. The fourth-order valence-corrected chi connectivity index (χ4v) is 2.43. The topological polar surface area (TPSA) is 84.0 Å². The summed E-state index contributed by atoms with van der Waals surface area (Å²) in [4.78, 5) is 16.5. The van der Waals surface area contributed by atoms with Gasteiger partial charge in [-0.25, -0.2) is 4.99 Å². The second-order valence-electron chi connectivity index (χ2n) is 8.07. The maximum atomic E-state index is 12.1. The summed E-state index contributed by atoms with van der Waals surface area (Å²) in [6.45, 7) is 12.2. The van der Waals surface area contributed by atoms with Crippen molar-refractivity contribution in [3.05, 3.63) is 18.2 Å². The van der Waals surface area contributed by atoms with E-state index in [9.17, 15) is 4.79 Å². The van der Waals surface area contributed by atoms with Gasteiger partial charge in [0.2, 0.25) is 5.91 Å². The van der Waals surface area contributed by atoms with E-state index in [0.29, 0.717) is 30.8 Å². The molecule has 8 heteroatoms. The molecule has 1 aliphatic heterocycles. The van der Waals surface area contributed by atoms with Crippen LogP contribution in [0.25, 0.3) is 0 Å². The summed E-state index contributed by atoms with van der Waals surface area (Å²) in [7, 11) is 0. The highest BCUT2D eigenvalue weighted by molar-refractivity contribution is 14.0. The van der Waals surface area contributed by atoms with Gasteiger partial charge in [0.1, 0.15) is 6.54 Å². The van der Waals surface area contributed by atoms with Crippen LogP contribution in [0.5, 0.6) is 11.5 Å². The molecule has 2 rings (SSSR count). The molecule has 0 spiro atoms. The summed E-state index contributed by atoms with van der Waals surface area (Å²) in [5.41, 5.74) is 0.547. The van der Waals surface area contributed by atoms with Gasteiger partial charge in [0.05, 0.1) is 13.2 Å². The first-order valence-corrected chi connectivity index (χ1v) is 9.49. The summed E-state index contributed by atoms with van der Waals surface area (Å²) in [5.74, 6) is 2.35. The molecule has 0 aliphatic carbocycles. The third-order valence-corrected chi connectivity index (χ3v) is 3.58. The monoisotopic (exact) mass is 504 g/mol. The van der Waals surface area contributed by atoms with Gasteiger partial charge in [0.15, 0.2) is 17.5 Å². The van der Waals surface area contributed by atoms with Gasteiger partial charge in [0, 0.05) is 30.3 Å². The summed E-state index contributed by atoms with van der Waals surface area (Å²) >= 11 is 0. The number of anilines is 1. The lowest BCUT2D eigenvalue weighted by molar-refractivity contribution is -0.121. The molecule has 7 nitrogen and oxygen atoms in total. The molecular formula is C20H33IN4O3. The van der Waals surface area contributed by atoms with Crippen molar-refractivity contribution < 1.29 is 14.3 Å². The average Bonchev–Trinajstić information content (AvgIpc) is 2.80. The van der Waals surface area contributed by atoms with Gasteiger partial charge in [-0.15, -0.1) is 24.0 Å². The molecule has 0 saturated heterocycles. The number of carbonyl (C=O) groups excluding carboxylic acids is 1. The third kappa shape index (κ3) is 8.99. The molecule has 28 heavy (non-hydrogen) atoms. The zero-order chi connectivity index (χ0) is 19.9. The molecule has 1 amide bonds. The van der Waals surface area contributed by atoms with Gasteiger partial charge in [0.25, 0.3) is 0 Å². The van der Waals surface area contributed by atoms with Crippen molar-refractivity contribution in [3.8, 4) is 11.5 Å². The van der Waals surface area contributed by atoms with E-state index in [2.05, 4.69) is 34.8 Å². The van der Waals surface area contributed by atoms with Crippen molar-refractivity contribution >= 4 is 41.5 Å². The minimum atomic E-state index is -0.278. The van der Waals surface area contributed by atoms with E-state index in [1.54, 1.807) is 0 Å². The number of halogens is 1. The first kappa shape index (κ1) is 24.3. The number of hydrogen-bond donors (Lipinski definition) is 3. The van der Waals surface area contributed by atoms with E-state index in [-0.39, 0.29) is 42.0 Å². The highest BCUT2D eigenvalue weighted by Crippen LogP contribution is 2.32. The van der Waals surface area contributed by atoms with Crippen LogP contribution in [0.15, 0.2) is 23.2 Å². The first-order valence-electron chi connectivity index (χ1n) is 9.49. The average molecular weight is 504 g/mol. The Balaban J connectivity index is 0.00000392. The Bertz CT molecular complexity index is 672. The molecule has 3 N–H and O–H groups in total. The maximum absolute atomic E-state index is 12.1. The number of ether oxygens (including phenoxy) is 2. The van der Waals surface area contributed by atoms with Gasteiger partial charge in [-0.2, -0.15) is 0 Å². The van der Waals surface area contributed by atoms with E-state index in [1.165, 1.54) is 0 Å². The third-order valence-electron chi connectivity index (χ3n) is 3.58. The minimum Gasteiger partial charge on any atom is -0.490 e. The number of carbonyl (C=O) groups is 1. The van der Waals surface area contributed by atoms with Gasteiger partial charge >= 0.3 is 0 Å². The number of nitrogens with zero attached hydrogens (tertiary/aromatic N) is 1. The molecule has 1 heterocycles. The Morgan fingerprint density at radius 1 is 1.18 bits per heavy atom. The lowest BCUT2D eigenvalue weighted by atomic mass is 10.1. The van der Waals surface area contributed by atoms with Gasteiger partial charge in [-0.1, -0.05) is 13.8 Å². The normalized spacial score (nSPS) is 14.0. The molecule has 0 unspecified atom stereocenters. The number of amides is 1. The van der Waals surface area contributed by atoms with Crippen molar-refractivity contribution in [2.24, 2.45) is 10.9 Å². The van der Waals surface area contributed by atoms with Crippen LogP contribution in [0.3, 0.4) is 0 Å². The second-order valence-corrected chi connectivity index (χ2v) is 8.07. The zero-order valence-electron chi connectivity index (χ0n) is 17.4. The number of guanidine groups is 1. The van der Waals surface area contributed by atoms with Gasteiger partial charge in [-0.05, 0) is 38.8 Å². The summed E-state index contributed by atoms with van der Waals surface area (Å²) < 4.78 is 11.4. The summed E-state index contributed by atoms with van der Waals surface area (Å²) in [6.07, 6.45) is 0.864. The molecule has 0 atom stereocenters. The Morgan fingerprint density at radius 2 is 1.86 bits per heavy atom. The molecule has 1 aliphatic rings. The lowest BCUT2D eigenvalue weighted by Crippen LogP contribution is -2.42. The number of rotatable bonds is 5. The van der Waals surface area contributed by atoms with Crippen molar-refractivity contribution in [1.82, 2.24) is 10.6 Å². The van der Waals surface area contributed by atoms with Crippen LogP contribution in [0, 0.1) is 5.92 Å². The van der Waals surface area contributed by atoms with E-state index in [0.717, 1.165) is 24.4 Å². The van der Waals surface area contributed by atoms with E-state index in [4.69, 9.17) is 9.47 Å². The number of aliphatic imine (C=N–C) groups is 1. The second kappa shape index (κ2) is 11.3. The predicted octanol–water partition coefficient (Wildman–Crippen LogP) is 3.39. The van der Waals surface area contributed by atoms with Crippen LogP contribution in [0.2, 0.25) is 0 Å². The molecule has 1 aromatic carbocycles. The van der Waals surface area contributed by atoms with E-state index in [1.807, 2.05) is 39.0 Å². The number of fused-ring (bicyclic) bond motifs is 1. The van der Waals surface area contributed by atoms with Crippen LogP contribution in [0.1, 0.15) is 41.0 Å². The predicted molar refractivity (Wildman–Crippen MR) is 124 cm³/mol. The fourth-order valence-electron chi connectivity index (χ4n) is 2.43. The van der Waals surface area contributed by atoms with Crippen LogP contribution in [-0.4, -0.2) is 43.7 Å². The summed E-state index contributed by atoms with van der Waals surface area (Å²) in [5, 5.41) is 9.42. The van der Waals surface area contributed by atoms with Crippen molar-refractivity contribution in [2.45, 2.75) is 46.6 Å². The van der Waals surface area contributed by atoms with Crippen molar-refractivity contribution in [1.29, 1.82) is 0 Å². The summed E-state index contributed by atoms with van der Waals surface area (Å²) in [6, 6.07) is 5.69. The van der Waals surface area contributed by atoms with E-state index >= 15 is 0 Å². The lowest BCUT2D eigenvalue weighted by Gasteiger charge is -2.20. The smallest absolute Gasteiger partial charge is 0.242 e. The fraction of sp³-hybridized carbons (Fsp3) is 0.600. The van der Waals surface area contributed by atoms with Crippen molar-refractivity contribution in [2.75, 3.05) is 31.6 Å². The molecule has 0 radical (unpaired) electrons. The largest absolute Gasteiger partial charge is 0.490 e. The van der Waals surface area contributed by atoms with Crippen LogP contribution in [0.4, 0.5) is 5.69 Å². The Hall–Kier alpha value is -1.71. The highest BCUT2D eigenvalue weighted by Gasteiger charge is 2.14. The van der Waals surface area contributed by atoms with E-state index < -0.39 is 0 Å². The van der Waals surface area contributed by atoms with Crippen molar-refractivity contribution in [3.63, 3.8) is 0 Å².